The predicted molar refractivity (Wildman–Crippen MR) is 107 cm³/mol. The molecule has 7 heteroatoms. The topological polar surface area (TPSA) is 116 Å². The number of carbonyl (C=O) groups excluding carboxylic acids is 2. The van der Waals surface area contributed by atoms with E-state index in [0.717, 1.165) is 11.1 Å². The number of benzene rings is 2. The number of carboxylic acids is 1. The highest BCUT2D eigenvalue weighted by Gasteiger charge is 2.34. The summed E-state index contributed by atoms with van der Waals surface area (Å²) in [6, 6.07) is 18.6. The van der Waals surface area contributed by atoms with Gasteiger partial charge in [-0.25, -0.2) is 5.48 Å². The molecule has 0 aliphatic rings. The molecule has 0 saturated carbocycles. The van der Waals surface area contributed by atoms with Crippen molar-refractivity contribution in [2.24, 2.45) is 11.8 Å². The maximum atomic E-state index is 12.9. The Hall–Kier alpha value is -3.19. The van der Waals surface area contributed by atoms with Crippen molar-refractivity contribution in [3.8, 4) is 0 Å². The second-order valence-electron chi connectivity index (χ2n) is 6.86. The summed E-state index contributed by atoms with van der Waals surface area (Å²) in [6.45, 7) is 0.204. The van der Waals surface area contributed by atoms with E-state index in [2.05, 4.69) is 5.32 Å². The lowest BCUT2D eigenvalue weighted by molar-refractivity contribution is -0.140. The Morgan fingerprint density at radius 2 is 1.28 bits per heavy atom. The first-order valence-electron chi connectivity index (χ1n) is 9.52. The average molecular weight is 398 g/mol. The van der Waals surface area contributed by atoms with Gasteiger partial charge in [0.15, 0.2) is 0 Å². The van der Waals surface area contributed by atoms with Crippen molar-refractivity contribution in [3.05, 3.63) is 71.8 Å². The molecule has 0 spiro atoms. The SMILES string of the molecule is O=C(O)CCCNC(=O)[C@H](Cc1ccccc1)[C@@H](Cc1ccccc1)C(=O)NO. The highest BCUT2D eigenvalue weighted by atomic mass is 16.5. The van der Waals surface area contributed by atoms with Crippen LogP contribution < -0.4 is 10.8 Å². The number of rotatable bonds is 11. The molecule has 0 unspecified atom stereocenters. The number of hydroxylamine groups is 1. The van der Waals surface area contributed by atoms with Crippen molar-refractivity contribution in [1.82, 2.24) is 10.8 Å². The molecule has 29 heavy (non-hydrogen) atoms. The molecule has 0 heterocycles. The van der Waals surface area contributed by atoms with Crippen LogP contribution in [0.5, 0.6) is 0 Å². The zero-order valence-corrected chi connectivity index (χ0v) is 16.1. The summed E-state index contributed by atoms with van der Waals surface area (Å²) in [6.07, 6.45) is 0.854. The molecule has 0 aromatic heterocycles. The minimum absolute atomic E-state index is 0.0474. The summed E-state index contributed by atoms with van der Waals surface area (Å²) in [4.78, 5) is 36.0. The monoisotopic (exact) mass is 398 g/mol. The van der Waals surface area contributed by atoms with E-state index in [1.54, 1.807) is 5.48 Å². The Balaban J connectivity index is 2.22. The molecule has 2 aromatic carbocycles. The lowest BCUT2D eigenvalue weighted by Crippen LogP contribution is -2.43. The van der Waals surface area contributed by atoms with Gasteiger partial charge in [-0.15, -0.1) is 0 Å². The van der Waals surface area contributed by atoms with E-state index in [1.165, 1.54) is 0 Å². The van der Waals surface area contributed by atoms with Gasteiger partial charge in [0.25, 0.3) is 0 Å². The van der Waals surface area contributed by atoms with E-state index in [4.69, 9.17) is 5.11 Å². The molecule has 0 fully saturated rings. The van der Waals surface area contributed by atoms with Gasteiger partial charge in [0, 0.05) is 13.0 Å². The lowest BCUT2D eigenvalue weighted by atomic mass is 9.81. The summed E-state index contributed by atoms with van der Waals surface area (Å²) in [5, 5.41) is 20.7. The summed E-state index contributed by atoms with van der Waals surface area (Å²) in [5.41, 5.74) is 3.46. The molecule has 2 rings (SSSR count). The Labute approximate surface area is 169 Å². The first-order chi connectivity index (χ1) is 14.0. The average Bonchev–Trinajstić information content (AvgIpc) is 2.74. The van der Waals surface area contributed by atoms with Crippen LogP contribution in [0.1, 0.15) is 24.0 Å². The van der Waals surface area contributed by atoms with E-state index >= 15 is 0 Å². The number of hydrogen-bond donors (Lipinski definition) is 4. The Bertz CT molecular complexity index is 795. The van der Waals surface area contributed by atoms with Crippen molar-refractivity contribution in [3.63, 3.8) is 0 Å². The van der Waals surface area contributed by atoms with Crippen LogP contribution in [0.2, 0.25) is 0 Å². The third kappa shape index (κ3) is 7.38. The summed E-state index contributed by atoms with van der Waals surface area (Å²) < 4.78 is 0. The van der Waals surface area contributed by atoms with Gasteiger partial charge in [-0.3, -0.25) is 19.6 Å². The van der Waals surface area contributed by atoms with Crippen LogP contribution in [0.3, 0.4) is 0 Å². The first-order valence-corrected chi connectivity index (χ1v) is 9.52. The quantitative estimate of drug-likeness (QED) is 0.263. The van der Waals surface area contributed by atoms with Crippen LogP contribution in [0.4, 0.5) is 0 Å². The molecule has 4 N–H and O–H groups in total. The molecule has 154 valence electrons. The maximum absolute atomic E-state index is 12.9. The van der Waals surface area contributed by atoms with E-state index in [-0.39, 0.29) is 25.3 Å². The zero-order valence-electron chi connectivity index (χ0n) is 16.1. The van der Waals surface area contributed by atoms with Gasteiger partial charge in [-0.2, -0.15) is 0 Å². The van der Waals surface area contributed by atoms with Crippen molar-refractivity contribution in [2.75, 3.05) is 6.54 Å². The van der Waals surface area contributed by atoms with Crippen molar-refractivity contribution >= 4 is 17.8 Å². The minimum atomic E-state index is -0.929. The van der Waals surface area contributed by atoms with Crippen LogP contribution in [0, 0.1) is 11.8 Å². The number of amides is 2. The van der Waals surface area contributed by atoms with Crippen molar-refractivity contribution in [1.29, 1.82) is 0 Å². The summed E-state index contributed by atoms with van der Waals surface area (Å²) in [7, 11) is 0. The Kier molecular flexibility index (Phi) is 8.85. The molecule has 0 bridgehead atoms. The van der Waals surface area contributed by atoms with Gasteiger partial charge in [0.2, 0.25) is 11.8 Å². The summed E-state index contributed by atoms with van der Waals surface area (Å²) >= 11 is 0. The fraction of sp³-hybridized carbons (Fsp3) is 0.318. The van der Waals surface area contributed by atoms with Gasteiger partial charge < -0.3 is 10.4 Å². The van der Waals surface area contributed by atoms with Gasteiger partial charge >= 0.3 is 5.97 Å². The number of nitrogens with one attached hydrogen (secondary N) is 2. The van der Waals surface area contributed by atoms with Gasteiger partial charge in [-0.05, 0) is 30.4 Å². The Morgan fingerprint density at radius 3 is 1.72 bits per heavy atom. The number of carbonyl (C=O) groups is 3. The van der Waals surface area contributed by atoms with E-state index in [9.17, 15) is 19.6 Å². The van der Waals surface area contributed by atoms with Crippen molar-refractivity contribution in [2.45, 2.75) is 25.7 Å². The third-order valence-corrected chi connectivity index (χ3v) is 4.73. The second-order valence-corrected chi connectivity index (χ2v) is 6.86. The zero-order chi connectivity index (χ0) is 21.1. The molecule has 0 aliphatic heterocycles. The van der Waals surface area contributed by atoms with E-state index < -0.39 is 23.7 Å². The lowest BCUT2D eigenvalue weighted by Gasteiger charge is -2.25. The highest BCUT2D eigenvalue weighted by molar-refractivity contribution is 5.87. The second kappa shape index (κ2) is 11.6. The number of carboxylic acid groups (broad SMARTS) is 1. The predicted octanol–water partition coefficient (Wildman–Crippen LogP) is 2.19. The number of hydrogen-bond acceptors (Lipinski definition) is 4. The van der Waals surface area contributed by atoms with Gasteiger partial charge in [0.1, 0.15) is 0 Å². The minimum Gasteiger partial charge on any atom is -0.481 e. The van der Waals surface area contributed by atoms with E-state index in [0.29, 0.717) is 12.8 Å². The fourth-order valence-electron chi connectivity index (χ4n) is 3.24. The van der Waals surface area contributed by atoms with Crippen LogP contribution in [0.15, 0.2) is 60.7 Å². The van der Waals surface area contributed by atoms with Crippen LogP contribution in [-0.2, 0) is 27.2 Å². The standard InChI is InChI=1S/C22H26N2O5/c25-20(26)12-7-13-23-21(27)18(14-16-8-3-1-4-9-16)19(22(28)24-29)15-17-10-5-2-6-11-17/h1-6,8-11,18-19,29H,7,12-15H2,(H,23,27)(H,24,28)(H,25,26)/t18-,19-/m1/s1. The molecular formula is C22H26N2O5. The highest BCUT2D eigenvalue weighted by Crippen LogP contribution is 2.23. The Morgan fingerprint density at radius 1 is 0.793 bits per heavy atom. The summed E-state index contributed by atoms with van der Waals surface area (Å²) in [5.74, 6) is -3.42. The van der Waals surface area contributed by atoms with Gasteiger partial charge in [0.05, 0.1) is 11.8 Å². The van der Waals surface area contributed by atoms with E-state index in [1.807, 2.05) is 60.7 Å². The maximum Gasteiger partial charge on any atom is 0.303 e. The molecule has 0 radical (unpaired) electrons. The molecule has 0 saturated heterocycles. The molecular weight excluding hydrogens is 372 g/mol. The normalized spacial score (nSPS) is 12.6. The first kappa shape index (κ1) is 22.1. The fourth-order valence-corrected chi connectivity index (χ4v) is 3.24. The largest absolute Gasteiger partial charge is 0.481 e. The van der Waals surface area contributed by atoms with Crippen LogP contribution >= 0.6 is 0 Å². The third-order valence-electron chi connectivity index (χ3n) is 4.73. The molecule has 2 aromatic rings. The molecule has 2 amide bonds. The smallest absolute Gasteiger partial charge is 0.303 e. The molecule has 7 nitrogen and oxygen atoms in total. The molecule has 0 aliphatic carbocycles. The number of aliphatic carboxylic acids is 1. The van der Waals surface area contributed by atoms with Crippen LogP contribution in [0.25, 0.3) is 0 Å². The van der Waals surface area contributed by atoms with Crippen molar-refractivity contribution < 1.29 is 24.7 Å². The molecule has 2 atom stereocenters. The van der Waals surface area contributed by atoms with Gasteiger partial charge in [-0.1, -0.05) is 60.7 Å². The van der Waals surface area contributed by atoms with Crippen LogP contribution in [-0.4, -0.2) is 34.6 Å².